The van der Waals surface area contributed by atoms with Crippen LogP contribution in [0.15, 0.2) is 42.7 Å². The van der Waals surface area contributed by atoms with E-state index in [1.165, 1.54) is 6.07 Å². The van der Waals surface area contributed by atoms with Gasteiger partial charge in [0, 0.05) is 48.8 Å². The van der Waals surface area contributed by atoms with Crippen molar-refractivity contribution >= 4 is 23.1 Å². The Morgan fingerprint density at radius 1 is 1.00 bits per heavy atom. The summed E-state index contributed by atoms with van der Waals surface area (Å²) in [6.45, 7) is 3.51. The van der Waals surface area contributed by atoms with Crippen molar-refractivity contribution in [2.24, 2.45) is 0 Å². The maximum Gasteiger partial charge on any atom is 0.228 e. The first-order chi connectivity index (χ1) is 14.2. The minimum absolute atomic E-state index is 0.131. The number of anilines is 4. The molecule has 0 saturated carbocycles. The highest BCUT2D eigenvalue weighted by Crippen LogP contribution is 2.39. The largest absolute Gasteiger partial charge is 0.396 e. The molecule has 1 saturated heterocycles. The topological polar surface area (TPSA) is 80.4 Å². The van der Waals surface area contributed by atoms with Crippen molar-refractivity contribution in [2.75, 3.05) is 48.4 Å². The van der Waals surface area contributed by atoms with Gasteiger partial charge in [-0.3, -0.25) is 4.98 Å². The van der Waals surface area contributed by atoms with Crippen molar-refractivity contribution in [3.8, 4) is 11.3 Å². The van der Waals surface area contributed by atoms with E-state index in [2.05, 4.69) is 14.8 Å². The van der Waals surface area contributed by atoms with Crippen LogP contribution in [0.3, 0.4) is 0 Å². The van der Waals surface area contributed by atoms with Gasteiger partial charge in [0.05, 0.1) is 24.6 Å². The summed E-state index contributed by atoms with van der Waals surface area (Å²) in [5, 5.41) is 0. The number of rotatable bonds is 3. The fourth-order valence-electron chi connectivity index (χ4n) is 3.84. The van der Waals surface area contributed by atoms with Crippen LogP contribution < -0.4 is 15.5 Å². The quantitative estimate of drug-likeness (QED) is 0.687. The summed E-state index contributed by atoms with van der Waals surface area (Å²) in [5.41, 5.74) is 9.32. The summed E-state index contributed by atoms with van der Waals surface area (Å²) < 4.78 is 19.7. The molecule has 1 fully saturated rings. The van der Waals surface area contributed by atoms with Crippen LogP contribution in [0.2, 0.25) is 0 Å². The number of fused-ring (bicyclic) bond motifs is 1. The molecule has 0 amide bonds. The maximum atomic E-state index is 14.2. The van der Waals surface area contributed by atoms with Crippen molar-refractivity contribution in [3.63, 3.8) is 0 Å². The zero-order chi connectivity index (χ0) is 19.8. The molecule has 0 aliphatic carbocycles. The highest BCUT2D eigenvalue weighted by Gasteiger charge is 2.29. The van der Waals surface area contributed by atoms with Crippen LogP contribution in [0.4, 0.5) is 27.5 Å². The van der Waals surface area contributed by atoms with Crippen molar-refractivity contribution < 1.29 is 9.13 Å². The predicted octanol–water partition coefficient (Wildman–Crippen LogP) is 2.79. The molecule has 7 nitrogen and oxygen atoms in total. The summed E-state index contributed by atoms with van der Waals surface area (Å²) in [5.74, 6) is 1.06. The van der Waals surface area contributed by atoms with E-state index in [0.29, 0.717) is 24.7 Å². The van der Waals surface area contributed by atoms with E-state index < -0.39 is 5.82 Å². The van der Waals surface area contributed by atoms with Crippen molar-refractivity contribution in [1.82, 2.24) is 15.0 Å². The van der Waals surface area contributed by atoms with Crippen LogP contribution >= 0.6 is 0 Å². The van der Waals surface area contributed by atoms with Gasteiger partial charge in [-0.1, -0.05) is 6.07 Å². The Kier molecular flexibility index (Phi) is 4.48. The fraction of sp³-hybridized carbons (Fsp3) is 0.286. The number of nitrogens with zero attached hydrogens (tertiary/aromatic N) is 5. The molecule has 148 valence electrons. The van der Waals surface area contributed by atoms with Crippen LogP contribution in [0.25, 0.3) is 11.3 Å². The molecule has 4 heterocycles. The summed E-state index contributed by atoms with van der Waals surface area (Å²) in [6.07, 6.45) is 4.32. The molecule has 2 aliphatic heterocycles. The highest BCUT2D eigenvalue weighted by atomic mass is 19.1. The summed E-state index contributed by atoms with van der Waals surface area (Å²) >= 11 is 0. The molecular formula is C21H21FN6O. The molecule has 8 heteroatoms. The van der Waals surface area contributed by atoms with Crippen molar-refractivity contribution in [2.45, 2.75) is 6.42 Å². The number of hydrogen-bond acceptors (Lipinski definition) is 7. The average molecular weight is 392 g/mol. The third-order valence-electron chi connectivity index (χ3n) is 5.36. The Bertz CT molecular complexity index is 1040. The fourth-order valence-corrected chi connectivity index (χ4v) is 3.84. The van der Waals surface area contributed by atoms with E-state index in [0.717, 1.165) is 48.8 Å². The number of aromatic nitrogens is 3. The zero-order valence-electron chi connectivity index (χ0n) is 15.9. The number of ether oxygens (including phenoxy) is 1. The zero-order valence-corrected chi connectivity index (χ0v) is 15.9. The van der Waals surface area contributed by atoms with Gasteiger partial charge >= 0.3 is 0 Å². The molecule has 29 heavy (non-hydrogen) atoms. The second kappa shape index (κ2) is 7.29. The lowest BCUT2D eigenvalue weighted by Crippen LogP contribution is -2.37. The van der Waals surface area contributed by atoms with Crippen LogP contribution in [0.5, 0.6) is 0 Å². The van der Waals surface area contributed by atoms with Crippen molar-refractivity contribution in [1.29, 1.82) is 0 Å². The van der Waals surface area contributed by atoms with Gasteiger partial charge in [-0.05, 0) is 30.7 Å². The first kappa shape index (κ1) is 17.8. The van der Waals surface area contributed by atoms with Crippen LogP contribution in [0, 0.1) is 5.82 Å². The monoisotopic (exact) mass is 392 g/mol. The first-order valence-corrected chi connectivity index (χ1v) is 9.67. The van der Waals surface area contributed by atoms with Gasteiger partial charge in [-0.15, -0.1) is 0 Å². The number of hydrogen-bond donors (Lipinski definition) is 1. The molecule has 2 N–H and O–H groups in total. The Morgan fingerprint density at radius 3 is 2.55 bits per heavy atom. The van der Waals surface area contributed by atoms with Gasteiger partial charge in [-0.25, -0.2) is 9.37 Å². The molecule has 0 unspecified atom stereocenters. The van der Waals surface area contributed by atoms with Crippen LogP contribution in [-0.4, -0.2) is 47.8 Å². The molecule has 2 aliphatic rings. The number of nitrogen functional groups attached to an aromatic ring is 1. The van der Waals surface area contributed by atoms with Crippen molar-refractivity contribution in [3.05, 3.63) is 54.1 Å². The highest BCUT2D eigenvalue weighted by molar-refractivity contribution is 5.77. The Labute approximate surface area is 168 Å². The molecule has 2 aromatic heterocycles. The molecule has 0 spiro atoms. The second-order valence-corrected chi connectivity index (χ2v) is 7.12. The van der Waals surface area contributed by atoms with E-state index in [-0.39, 0.29) is 5.69 Å². The van der Waals surface area contributed by atoms with Gasteiger partial charge in [0.1, 0.15) is 11.6 Å². The third kappa shape index (κ3) is 3.25. The van der Waals surface area contributed by atoms with Gasteiger partial charge in [0.15, 0.2) is 0 Å². The van der Waals surface area contributed by atoms with E-state index in [1.54, 1.807) is 18.5 Å². The Hall–Kier alpha value is -3.26. The summed E-state index contributed by atoms with van der Waals surface area (Å²) in [6, 6.07) is 8.79. The van der Waals surface area contributed by atoms with E-state index in [9.17, 15) is 4.39 Å². The molecule has 0 bridgehead atoms. The number of pyridine rings is 1. The second-order valence-electron chi connectivity index (χ2n) is 7.12. The number of nitrogens with two attached hydrogens (primary N) is 1. The van der Waals surface area contributed by atoms with Gasteiger partial charge in [-0.2, -0.15) is 4.98 Å². The van der Waals surface area contributed by atoms with E-state index in [4.69, 9.17) is 20.4 Å². The SMILES string of the molecule is Nc1ccc(-c2nc(N3CCOCC3)nc3c2CCN3c2ccncc2)cc1F. The normalized spacial score (nSPS) is 16.2. The molecule has 3 aromatic rings. The predicted molar refractivity (Wildman–Crippen MR) is 110 cm³/mol. The smallest absolute Gasteiger partial charge is 0.228 e. The first-order valence-electron chi connectivity index (χ1n) is 9.67. The summed E-state index contributed by atoms with van der Waals surface area (Å²) in [7, 11) is 0. The lowest BCUT2D eigenvalue weighted by Gasteiger charge is -2.28. The number of benzene rings is 1. The molecule has 0 radical (unpaired) electrons. The minimum atomic E-state index is -0.438. The molecule has 0 atom stereocenters. The maximum absolute atomic E-state index is 14.2. The van der Waals surface area contributed by atoms with Crippen LogP contribution in [-0.2, 0) is 11.2 Å². The molecule has 1 aromatic carbocycles. The number of halogens is 1. The van der Waals surface area contributed by atoms with Gasteiger partial charge in [0.2, 0.25) is 5.95 Å². The standard InChI is InChI=1S/C21H21FN6O/c22-17-13-14(1-2-18(17)23)19-16-5-8-28(15-3-6-24-7-4-15)20(16)26-21(25-19)27-9-11-29-12-10-27/h1-4,6-7,13H,5,8-12,23H2. The molecular weight excluding hydrogens is 371 g/mol. The third-order valence-corrected chi connectivity index (χ3v) is 5.36. The van der Waals surface area contributed by atoms with E-state index >= 15 is 0 Å². The van der Waals surface area contributed by atoms with Gasteiger partial charge in [0.25, 0.3) is 0 Å². The lowest BCUT2D eigenvalue weighted by molar-refractivity contribution is 0.122. The average Bonchev–Trinajstić information content (AvgIpc) is 3.20. The van der Waals surface area contributed by atoms with Crippen LogP contribution in [0.1, 0.15) is 5.56 Å². The molecule has 5 rings (SSSR count). The Morgan fingerprint density at radius 2 is 1.79 bits per heavy atom. The van der Waals surface area contributed by atoms with E-state index in [1.807, 2.05) is 18.2 Å². The minimum Gasteiger partial charge on any atom is -0.396 e. The number of morpholine rings is 1. The Balaban J connectivity index is 1.66. The van der Waals surface area contributed by atoms with Gasteiger partial charge < -0.3 is 20.3 Å². The lowest BCUT2D eigenvalue weighted by atomic mass is 10.0. The summed E-state index contributed by atoms with van der Waals surface area (Å²) in [4.78, 5) is 18.2.